The minimum atomic E-state index is -0.225. The zero-order valence-corrected chi connectivity index (χ0v) is 15.8. The first-order valence-electron chi connectivity index (χ1n) is 9.48. The van der Waals surface area contributed by atoms with Crippen LogP contribution in [-0.4, -0.2) is 40.7 Å². The zero-order chi connectivity index (χ0) is 18.9. The standard InChI is InChI=1S/C21H25N3O3/c1-21(2)11-15(5-8-26-21)20(25)24-12-17-10-16-9-14(3-4-19(16)27-17)18-13-22-6-7-23-18/h3-4,6-7,9,13,15,17H,5,8,10-12H2,1-2H3,(H,24,25)/t15-,17+/m1/s1. The summed E-state index contributed by atoms with van der Waals surface area (Å²) >= 11 is 0. The predicted octanol–water partition coefficient (Wildman–Crippen LogP) is 2.77. The summed E-state index contributed by atoms with van der Waals surface area (Å²) in [4.78, 5) is 21.0. The zero-order valence-electron chi connectivity index (χ0n) is 15.8. The van der Waals surface area contributed by atoms with E-state index in [2.05, 4.69) is 21.4 Å². The molecule has 0 spiro atoms. The quantitative estimate of drug-likeness (QED) is 0.900. The first-order valence-corrected chi connectivity index (χ1v) is 9.48. The summed E-state index contributed by atoms with van der Waals surface area (Å²) in [5.74, 6) is 1.00. The summed E-state index contributed by atoms with van der Waals surface area (Å²) in [5, 5.41) is 3.07. The predicted molar refractivity (Wildman–Crippen MR) is 101 cm³/mol. The second-order valence-corrected chi connectivity index (χ2v) is 7.90. The van der Waals surface area contributed by atoms with Crippen molar-refractivity contribution < 1.29 is 14.3 Å². The van der Waals surface area contributed by atoms with Crippen LogP contribution < -0.4 is 10.1 Å². The summed E-state index contributed by atoms with van der Waals surface area (Å²) in [5.41, 5.74) is 2.79. The number of ether oxygens (including phenoxy) is 2. The number of carbonyl (C=O) groups excluding carboxylic acids is 1. The number of benzene rings is 1. The van der Waals surface area contributed by atoms with Crippen molar-refractivity contribution in [1.29, 1.82) is 0 Å². The second kappa shape index (κ2) is 7.27. The Morgan fingerprint density at radius 3 is 3.00 bits per heavy atom. The molecule has 6 nitrogen and oxygen atoms in total. The molecule has 1 aromatic carbocycles. The van der Waals surface area contributed by atoms with Gasteiger partial charge in [0.25, 0.3) is 0 Å². The molecular formula is C21H25N3O3. The fraction of sp³-hybridized carbons (Fsp3) is 0.476. The van der Waals surface area contributed by atoms with Gasteiger partial charge in [-0.15, -0.1) is 0 Å². The number of carbonyl (C=O) groups is 1. The van der Waals surface area contributed by atoms with Crippen molar-refractivity contribution in [1.82, 2.24) is 15.3 Å². The van der Waals surface area contributed by atoms with Gasteiger partial charge in [0, 0.05) is 36.9 Å². The molecule has 142 valence electrons. The molecule has 0 unspecified atom stereocenters. The molecule has 27 heavy (non-hydrogen) atoms. The molecule has 2 aliphatic rings. The number of hydrogen-bond acceptors (Lipinski definition) is 5. The normalized spacial score (nSPS) is 23.3. The molecule has 1 aromatic heterocycles. The molecule has 4 rings (SSSR count). The lowest BCUT2D eigenvalue weighted by atomic mass is 9.88. The Kier molecular flexibility index (Phi) is 4.83. The highest BCUT2D eigenvalue weighted by Crippen LogP contribution is 2.32. The Labute approximate surface area is 159 Å². The number of amides is 1. The summed E-state index contributed by atoms with van der Waals surface area (Å²) < 4.78 is 11.7. The van der Waals surface area contributed by atoms with Crippen molar-refractivity contribution in [3.63, 3.8) is 0 Å². The van der Waals surface area contributed by atoms with Gasteiger partial charge in [0.2, 0.25) is 5.91 Å². The number of nitrogens with one attached hydrogen (secondary N) is 1. The van der Waals surface area contributed by atoms with E-state index >= 15 is 0 Å². The van der Waals surface area contributed by atoms with Crippen LogP contribution in [-0.2, 0) is 16.0 Å². The molecule has 2 aliphatic heterocycles. The third kappa shape index (κ3) is 4.11. The highest BCUT2D eigenvalue weighted by molar-refractivity contribution is 5.78. The molecule has 2 atom stereocenters. The third-order valence-electron chi connectivity index (χ3n) is 5.23. The summed E-state index contributed by atoms with van der Waals surface area (Å²) in [7, 11) is 0. The van der Waals surface area contributed by atoms with Gasteiger partial charge in [0.05, 0.1) is 24.0 Å². The largest absolute Gasteiger partial charge is 0.488 e. The Hall–Kier alpha value is -2.47. The van der Waals surface area contributed by atoms with Gasteiger partial charge < -0.3 is 14.8 Å². The smallest absolute Gasteiger partial charge is 0.223 e. The van der Waals surface area contributed by atoms with Gasteiger partial charge in [-0.05, 0) is 50.5 Å². The van der Waals surface area contributed by atoms with Crippen molar-refractivity contribution in [2.24, 2.45) is 5.92 Å². The van der Waals surface area contributed by atoms with Crippen LogP contribution in [0.4, 0.5) is 0 Å². The molecular weight excluding hydrogens is 342 g/mol. The summed E-state index contributed by atoms with van der Waals surface area (Å²) in [6.07, 6.45) is 7.39. The molecule has 0 bridgehead atoms. The molecule has 0 saturated carbocycles. The Bertz CT molecular complexity index is 823. The highest BCUT2D eigenvalue weighted by atomic mass is 16.5. The third-order valence-corrected chi connectivity index (χ3v) is 5.23. The SMILES string of the molecule is CC1(C)C[C@H](C(=O)NC[C@@H]2Cc3cc(-c4cnccn4)ccc3O2)CCO1. The van der Waals surface area contributed by atoms with E-state index < -0.39 is 0 Å². The maximum Gasteiger partial charge on any atom is 0.223 e. The Morgan fingerprint density at radius 2 is 2.22 bits per heavy atom. The Balaban J connectivity index is 1.34. The molecule has 1 amide bonds. The first-order chi connectivity index (χ1) is 13.0. The van der Waals surface area contributed by atoms with E-state index in [9.17, 15) is 4.79 Å². The molecule has 2 aromatic rings. The van der Waals surface area contributed by atoms with Gasteiger partial charge in [-0.3, -0.25) is 14.8 Å². The number of rotatable bonds is 4. The highest BCUT2D eigenvalue weighted by Gasteiger charge is 2.33. The van der Waals surface area contributed by atoms with Crippen LogP contribution >= 0.6 is 0 Å². The van der Waals surface area contributed by atoms with Crippen molar-refractivity contribution in [2.75, 3.05) is 13.2 Å². The number of nitrogens with zero attached hydrogens (tertiary/aromatic N) is 2. The van der Waals surface area contributed by atoms with Crippen LogP contribution in [0, 0.1) is 5.92 Å². The maximum atomic E-state index is 12.5. The van der Waals surface area contributed by atoms with E-state index in [4.69, 9.17) is 9.47 Å². The minimum absolute atomic E-state index is 0.0146. The molecule has 6 heteroatoms. The van der Waals surface area contributed by atoms with Gasteiger partial charge >= 0.3 is 0 Å². The van der Waals surface area contributed by atoms with Crippen molar-refractivity contribution in [2.45, 2.75) is 44.8 Å². The lowest BCUT2D eigenvalue weighted by Crippen LogP contribution is -2.43. The van der Waals surface area contributed by atoms with Gasteiger partial charge in [0.1, 0.15) is 11.9 Å². The number of fused-ring (bicyclic) bond motifs is 1. The maximum absolute atomic E-state index is 12.5. The van der Waals surface area contributed by atoms with Gasteiger partial charge in [-0.25, -0.2) is 0 Å². The van der Waals surface area contributed by atoms with Crippen LogP contribution in [0.5, 0.6) is 5.75 Å². The lowest BCUT2D eigenvalue weighted by Gasteiger charge is -2.34. The fourth-order valence-electron chi connectivity index (χ4n) is 3.86. The first kappa shape index (κ1) is 17.9. The summed E-state index contributed by atoms with van der Waals surface area (Å²) in [6, 6.07) is 6.07. The second-order valence-electron chi connectivity index (χ2n) is 7.90. The molecule has 0 aliphatic carbocycles. The number of aromatic nitrogens is 2. The van der Waals surface area contributed by atoms with Gasteiger partial charge in [0.15, 0.2) is 0 Å². The monoisotopic (exact) mass is 367 g/mol. The Morgan fingerprint density at radius 1 is 1.33 bits per heavy atom. The van der Waals surface area contributed by atoms with Gasteiger partial charge in [-0.2, -0.15) is 0 Å². The fourth-order valence-corrected chi connectivity index (χ4v) is 3.86. The van der Waals surface area contributed by atoms with Crippen LogP contribution in [0.15, 0.2) is 36.8 Å². The lowest BCUT2D eigenvalue weighted by molar-refractivity contribution is -0.135. The van der Waals surface area contributed by atoms with Crippen molar-refractivity contribution in [3.05, 3.63) is 42.4 Å². The van der Waals surface area contributed by atoms with Crippen molar-refractivity contribution in [3.8, 4) is 17.0 Å². The van der Waals surface area contributed by atoms with Crippen LogP contribution in [0.3, 0.4) is 0 Å². The van der Waals surface area contributed by atoms with E-state index in [1.54, 1.807) is 18.6 Å². The number of hydrogen-bond donors (Lipinski definition) is 1. The van der Waals surface area contributed by atoms with Crippen LogP contribution in [0.1, 0.15) is 32.3 Å². The van der Waals surface area contributed by atoms with E-state index in [0.29, 0.717) is 13.2 Å². The molecule has 1 saturated heterocycles. The topological polar surface area (TPSA) is 73.3 Å². The summed E-state index contributed by atoms with van der Waals surface area (Å²) in [6.45, 7) is 5.24. The average molecular weight is 367 g/mol. The average Bonchev–Trinajstić information content (AvgIpc) is 3.08. The van der Waals surface area contributed by atoms with Crippen LogP contribution in [0.25, 0.3) is 11.3 Å². The van der Waals surface area contributed by atoms with E-state index in [1.807, 2.05) is 26.0 Å². The molecule has 3 heterocycles. The molecule has 0 radical (unpaired) electrons. The minimum Gasteiger partial charge on any atom is -0.488 e. The van der Waals surface area contributed by atoms with Crippen molar-refractivity contribution >= 4 is 5.91 Å². The molecule has 1 fully saturated rings. The van der Waals surface area contributed by atoms with E-state index in [1.165, 1.54) is 0 Å². The molecule has 1 N–H and O–H groups in total. The van der Waals surface area contributed by atoms with E-state index in [0.717, 1.165) is 41.8 Å². The van der Waals surface area contributed by atoms with E-state index in [-0.39, 0.29) is 23.5 Å². The van der Waals surface area contributed by atoms with Gasteiger partial charge in [-0.1, -0.05) is 0 Å². The van der Waals surface area contributed by atoms with Crippen LogP contribution in [0.2, 0.25) is 0 Å².